The number of hydrogen-bond acceptors (Lipinski definition) is 8. The van der Waals surface area contributed by atoms with Gasteiger partial charge in [0.15, 0.2) is 5.65 Å². The van der Waals surface area contributed by atoms with E-state index in [2.05, 4.69) is 31.4 Å². The quantitative estimate of drug-likeness (QED) is 0.325. The monoisotopic (exact) mass is 556 g/mol. The first kappa shape index (κ1) is 25.5. The maximum atomic E-state index is 13.5. The first-order chi connectivity index (χ1) is 17.9. The van der Waals surface area contributed by atoms with Crippen LogP contribution in [0.3, 0.4) is 0 Å². The Balaban J connectivity index is 1.23. The number of nitrogens with one attached hydrogen (secondary N) is 1. The van der Waals surface area contributed by atoms with Crippen molar-refractivity contribution in [3.8, 4) is 0 Å². The largest absolute Gasteiger partial charge is 0.347 e. The van der Waals surface area contributed by atoms with Gasteiger partial charge in [-0.1, -0.05) is 17.7 Å². The fourth-order valence-electron chi connectivity index (χ4n) is 4.54. The maximum absolute atomic E-state index is 13.5. The van der Waals surface area contributed by atoms with Gasteiger partial charge in [-0.25, -0.2) is 23.4 Å². The fourth-order valence-corrected chi connectivity index (χ4v) is 7.77. The molecule has 192 valence electrons. The highest BCUT2D eigenvalue weighted by Gasteiger charge is 2.34. The number of likely N-dealkylation sites (tertiary alicyclic amines) is 1. The van der Waals surface area contributed by atoms with Crippen molar-refractivity contribution in [1.29, 1.82) is 0 Å². The van der Waals surface area contributed by atoms with Crippen molar-refractivity contribution in [1.82, 2.24) is 29.7 Å². The van der Waals surface area contributed by atoms with E-state index in [1.54, 1.807) is 48.9 Å². The van der Waals surface area contributed by atoms with Crippen LogP contribution in [0.15, 0.2) is 72.1 Å². The van der Waals surface area contributed by atoms with Gasteiger partial charge < -0.3 is 9.88 Å². The molecule has 0 spiro atoms. The molecule has 37 heavy (non-hydrogen) atoms. The van der Waals surface area contributed by atoms with Gasteiger partial charge in [-0.05, 0) is 49.2 Å². The molecule has 0 radical (unpaired) electrons. The third-order valence-corrected chi connectivity index (χ3v) is 10.4. The molecule has 0 aliphatic carbocycles. The molecule has 1 saturated heterocycles. The minimum Gasteiger partial charge on any atom is -0.347 e. The van der Waals surface area contributed by atoms with Gasteiger partial charge in [-0.15, -0.1) is 17.9 Å². The number of sulfone groups is 1. The van der Waals surface area contributed by atoms with Crippen molar-refractivity contribution in [3.05, 3.63) is 83.4 Å². The second kappa shape index (κ2) is 10.7. The molecule has 0 saturated carbocycles. The number of carbonyl (C=O) groups is 1. The minimum absolute atomic E-state index is 0.182. The Labute approximate surface area is 223 Å². The number of nitrogens with zero attached hydrogens (tertiary/aromatic N) is 5. The lowest BCUT2D eigenvalue weighted by molar-refractivity contribution is 0.0951. The molecular formula is C25H25ClN6O3S2. The lowest BCUT2D eigenvalue weighted by Crippen LogP contribution is -2.44. The molecule has 1 N–H and O–H groups in total. The molecule has 1 fully saturated rings. The molecule has 1 unspecified atom stereocenters. The topological polar surface area (TPSA) is 110 Å². The van der Waals surface area contributed by atoms with Crippen LogP contribution in [0.2, 0.25) is 5.02 Å². The first-order valence-electron chi connectivity index (χ1n) is 11.7. The van der Waals surface area contributed by atoms with E-state index in [0.717, 1.165) is 40.2 Å². The Bertz CT molecular complexity index is 1530. The number of imidazole rings is 1. The lowest BCUT2D eigenvalue weighted by atomic mass is 10.0. The average Bonchev–Trinajstić information content (AvgIpc) is 3.56. The van der Waals surface area contributed by atoms with Gasteiger partial charge >= 0.3 is 0 Å². The van der Waals surface area contributed by atoms with Crippen molar-refractivity contribution in [2.24, 2.45) is 0 Å². The SMILES string of the molecule is C=CC(N1CCC(n2cnc3cncnc32)CC1)S(=O)(=O)c1ccc(CNC(=O)c2ccc(Cl)cc2)s1. The van der Waals surface area contributed by atoms with Gasteiger partial charge in [0.1, 0.15) is 21.4 Å². The van der Waals surface area contributed by atoms with E-state index < -0.39 is 15.2 Å². The Kier molecular flexibility index (Phi) is 7.38. The van der Waals surface area contributed by atoms with E-state index in [9.17, 15) is 13.2 Å². The average molecular weight is 557 g/mol. The number of amides is 1. The standard InChI is InChI=1S/C25H25ClN6O3S2/c1-2-22(31-11-9-19(10-12-31)32-16-30-21-14-27-15-29-24(21)32)37(34,35)23-8-7-20(36-23)13-28-25(33)17-3-5-18(26)6-4-17/h2-8,14-16,19,22H,1,9-13H2,(H,28,33). The Morgan fingerprint density at radius 1 is 1.19 bits per heavy atom. The van der Waals surface area contributed by atoms with Gasteiger partial charge in [0, 0.05) is 34.6 Å². The van der Waals surface area contributed by atoms with Crippen molar-refractivity contribution in [2.75, 3.05) is 13.1 Å². The van der Waals surface area contributed by atoms with Gasteiger partial charge in [0.25, 0.3) is 5.91 Å². The van der Waals surface area contributed by atoms with Crippen LogP contribution in [0.1, 0.15) is 34.1 Å². The van der Waals surface area contributed by atoms with Crippen molar-refractivity contribution in [2.45, 2.75) is 35.0 Å². The van der Waals surface area contributed by atoms with E-state index in [4.69, 9.17) is 11.6 Å². The lowest BCUT2D eigenvalue weighted by Gasteiger charge is -2.36. The van der Waals surface area contributed by atoms with Crippen LogP contribution in [0.4, 0.5) is 0 Å². The predicted octanol–water partition coefficient (Wildman–Crippen LogP) is 4.09. The molecule has 4 heterocycles. The second-order valence-corrected chi connectivity index (χ2v) is 12.6. The first-order valence-corrected chi connectivity index (χ1v) is 14.5. The number of piperidine rings is 1. The van der Waals surface area contributed by atoms with E-state index in [-0.39, 0.29) is 22.7 Å². The van der Waals surface area contributed by atoms with Crippen molar-refractivity contribution in [3.63, 3.8) is 0 Å². The van der Waals surface area contributed by atoms with Gasteiger partial charge in [0.05, 0.1) is 19.1 Å². The Morgan fingerprint density at radius 3 is 2.68 bits per heavy atom. The van der Waals surface area contributed by atoms with Gasteiger partial charge in [-0.2, -0.15) is 0 Å². The highest BCUT2D eigenvalue weighted by molar-refractivity contribution is 7.94. The molecule has 1 aromatic carbocycles. The fraction of sp³-hybridized carbons (Fsp3) is 0.280. The molecule has 1 atom stereocenters. The van der Waals surface area contributed by atoms with Gasteiger partial charge in [0.2, 0.25) is 9.84 Å². The number of halogens is 1. The Morgan fingerprint density at radius 2 is 1.95 bits per heavy atom. The number of thiophene rings is 1. The summed E-state index contributed by atoms with van der Waals surface area (Å²) in [5, 5.41) is 2.55. The summed E-state index contributed by atoms with van der Waals surface area (Å²) in [7, 11) is -3.67. The molecule has 3 aromatic heterocycles. The summed E-state index contributed by atoms with van der Waals surface area (Å²) < 4.78 is 29.3. The highest BCUT2D eigenvalue weighted by Crippen LogP contribution is 2.31. The molecule has 9 nitrogen and oxygen atoms in total. The van der Waals surface area contributed by atoms with Crippen LogP contribution in [0, 0.1) is 0 Å². The number of benzene rings is 1. The zero-order valence-corrected chi connectivity index (χ0v) is 22.2. The molecule has 1 amide bonds. The number of fused-ring (bicyclic) bond motifs is 1. The Hall–Kier alpha value is -3.12. The normalized spacial score (nSPS) is 16.0. The van der Waals surface area contributed by atoms with Crippen molar-refractivity contribution < 1.29 is 13.2 Å². The zero-order valence-electron chi connectivity index (χ0n) is 19.8. The number of rotatable bonds is 8. The number of aromatic nitrogens is 4. The van der Waals surface area contributed by atoms with Crippen LogP contribution in [0.25, 0.3) is 11.2 Å². The summed E-state index contributed by atoms with van der Waals surface area (Å²) in [5.41, 5.74) is 2.02. The van der Waals surface area contributed by atoms with Crippen LogP contribution in [-0.4, -0.2) is 57.2 Å². The molecule has 4 aromatic rings. The molecule has 0 bridgehead atoms. The maximum Gasteiger partial charge on any atom is 0.251 e. The zero-order chi connectivity index (χ0) is 26.0. The van der Waals surface area contributed by atoms with Crippen LogP contribution in [0.5, 0.6) is 0 Å². The van der Waals surface area contributed by atoms with Crippen molar-refractivity contribution >= 4 is 49.8 Å². The predicted molar refractivity (Wildman–Crippen MR) is 143 cm³/mol. The van der Waals surface area contributed by atoms with Crippen LogP contribution in [-0.2, 0) is 16.4 Å². The van der Waals surface area contributed by atoms with E-state index in [1.807, 2.05) is 4.90 Å². The van der Waals surface area contributed by atoms with Gasteiger partial charge in [-0.3, -0.25) is 9.69 Å². The van der Waals surface area contributed by atoms with E-state index in [0.29, 0.717) is 23.7 Å². The summed E-state index contributed by atoms with van der Waals surface area (Å²) in [6, 6.07) is 10.1. The summed E-state index contributed by atoms with van der Waals surface area (Å²) in [6.07, 6.45) is 8.00. The third-order valence-electron chi connectivity index (χ3n) is 6.46. The second-order valence-electron chi connectivity index (χ2n) is 8.73. The van der Waals surface area contributed by atoms with Crippen LogP contribution >= 0.6 is 22.9 Å². The van der Waals surface area contributed by atoms with Crippen LogP contribution < -0.4 is 5.32 Å². The molecule has 1 aliphatic heterocycles. The summed E-state index contributed by atoms with van der Waals surface area (Å²) in [5.74, 6) is -0.251. The molecular weight excluding hydrogens is 532 g/mol. The third kappa shape index (κ3) is 5.30. The minimum atomic E-state index is -3.67. The number of hydrogen-bond donors (Lipinski definition) is 1. The molecule has 12 heteroatoms. The smallest absolute Gasteiger partial charge is 0.251 e. The summed E-state index contributed by atoms with van der Waals surface area (Å²) in [6.45, 7) is 5.26. The van der Waals surface area contributed by atoms with E-state index in [1.165, 1.54) is 12.4 Å². The molecule has 5 rings (SSSR count). The highest BCUT2D eigenvalue weighted by atomic mass is 35.5. The molecule has 1 aliphatic rings. The number of carbonyl (C=O) groups excluding carboxylic acids is 1. The summed E-state index contributed by atoms with van der Waals surface area (Å²) >= 11 is 7.04. The summed E-state index contributed by atoms with van der Waals surface area (Å²) in [4.78, 5) is 27.8. The van der Waals surface area contributed by atoms with E-state index >= 15 is 0 Å².